The Hall–Kier alpha value is -2.20. The summed E-state index contributed by atoms with van der Waals surface area (Å²) in [5.74, 6) is -1.05. The summed E-state index contributed by atoms with van der Waals surface area (Å²) in [7, 11) is -0.393. The van der Waals surface area contributed by atoms with Crippen molar-refractivity contribution < 1.29 is 23.5 Å². The van der Waals surface area contributed by atoms with Crippen LogP contribution in [0.5, 0.6) is 0 Å². The Morgan fingerprint density at radius 3 is 2.44 bits per heavy atom. The molecule has 0 fully saturated rings. The maximum absolute atomic E-state index is 12.6. The summed E-state index contributed by atoms with van der Waals surface area (Å²) >= 11 is 0. The van der Waals surface area contributed by atoms with Crippen molar-refractivity contribution in [2.45, 2.75) is 24.0 Å². The molecule has 0 aliphatic rings. The summed E-state index contributed by atoms with van der Waals surface area (Å²) in [6.07, 6.45) is -1.33. The Kier molecular flexibility index (Phi) is 5.63. The van der Waals surface area contributed by atoms with Crippen LogP contribution in [0, 0.1) is 0 Å². The van der Waals surface area contributed by atoms with E-state index in [-0.39, 0.29) is 4.90 Å². The summed E-state index contributed by atoms with van der Waals surface area (Å²) in [6.45, 7) is 1.24. The Labute approximate surface area is 146 Å². The van der Waals surface area contributed by atoms with Gasteiger partial charge in [0.2, 0.25) is 10.0 Å². The van der Waals surface area contributed by atoms with Crippen LogP contribution < -0.4 is 15.1 Å². The van der Waals surface area contributed by atoms with Gasteiger partial charge < -0.3 is 10.0 Å². The van der Waals surface area contributed by atoms with E-state index in [2.05, 4.69) is 4.72 Å². The Morgan fingerprint density at radius 1 is 1.20 bits per heavy atom. The van der Waals surface area contributed by atoms with Crippen molar-refractivity contribution >= 4 is 32.4 Å². The number of amides is 1. The zero-order valence-corrected chi connectivity index (χ0v) is 14.9. The smallest absolute Gasteiger partial charge is 0.264 e. The first-order valence-corrected chi connectivity index (χ1v) is 9.00. The third-order valence-electron chi connectivity index (χ3n) is 3.78. The van der Waals surface area contributed by atoms with Gasteiger partial charge in [0.25, 0.3) is 5.91 Å². The van der Waals surface area contributed by atoms with Gasteiger partial charge in [-0.05, 0) is 30.5 Å². The second kappa shape index (κ2) is 7.36. The average molecular weight is 367 g/mol. The number of nitrogens with one attached hydrogen (secondary N) is 2. The second-order valence-corrected chi connectivity index (χ2v) is 7.58. The number of carbonyl (C=O) groups is 1. The number of rotatable bonds is 6. The van der Waals surface area contributed by atoms with Crippen LogP contribution in [0.1, 0.15) is 6.92 Å². The predicted molar refractivity (Wildman–Crippen MR) is 94.0 cm³/mol. The molecule has 25 heavy (non-hydrogen) atoms. The number of anilines is 1. The van der Waals surface area contributed by atoms with E-state index in [4.69, 9.17) is 5.21 Å². The molecule has 2 atom stereocenters. The van der Waals surface area contributed by atoms with E-state index >= 15 is 0 Å². The minimum Gasteiger partial charge on any atom is -0.391 e. The number of sulfonamides is 1. The summed E-state index contributed by atoms with van der Waals surface area (Å²) in [5, 5.41) is 19.9. The summed E-state index contributed by atoms with van der Waals surface area (Å²) in [5.41, 5.74) is 2.18. The normalized spacial score (nSPS) is 14.1. The van der Waals surface area contributed by atoms with Gasteiger partial charge in [-0.15, -0.1) is 0 Å². The van der Waals surface area contributed by atoms with Gasteiger partial charge in [0.1, 0.15) is 6.04 Å². The average Bonchev–Trinajstić information content (AvgIpc) is 2.57. The lowest BCUT2D eigenvalue weighted by Gasteiger charge is -2.20. The molecule has 0 spiro atoms. The highest BCUT2D eigenvalue weighted by atomic mass is 32.2. The van der Waals surface area contributed by atoms with Crippen LogP contribution in [0.2, 0.25) is 0 Å². The Balaban J connectivity index is 2.49. The van der Waals surface area contributed by atoms with Gasteiger partial charge >= 0.3 is 0 Å². The van der Waals surface area contributed by atoms with E-state index in [1.54, 1.807) is 6.07 Å². The van der Waals surface area contributed by atoms with Gasteiger partial charge in [-0.2, -0.15) is 4.72 Å². The number of nitrogens with zero attached hydrogens (tertiary/aromatic N) is 1. The lowest BCUT2D eigenvalue weighted by molar-refractivity contribution is -0.133. The molecule has 0 heterocycles. The molecular weight excluding hydrogens is 346 g/mol. The van der Waals surface area contributed by atoms with Crippen molar-refractivity contribution in [3.63, 3.8) is 0 Å². The minimum absolute atomic E-state index is 0.0503. The number of benzene rings is 2. The summed E-state index contributed by atoms with van der Waals surface area (Å²) in [6, 6.07) is 8.67. The molecule has 0 saturated heterocycles. The maximum atomic E-state index is 12.6. The highest BCUT2D eigenvalue weighted by molar-refractivity contribution is 7.89. The molecule has 0 aliphatic heterocycles. The zero-order chi connectivity index (χ0) is 18.8. The first kappa shape index (κ1) is 19.1. The molecule has 0 bridgehead atoms. The zero-order valence-electron chi connectivity index (χ0n) is 14.1. The molecule has 1 amide bonds. The van der Waals surface area contributed by atoms with Crippen molar-refractivity contribution in [3.8, 4) is 0 Å². The monoisotopic (exact) mass is 367 g/mol. The van der Waals surface area contributed by atoms with Crippen molar-refractivity contribution in [1.82, 2.24) is 10.2 Å². The second-order valence-electron chi connectivity index (χ2n) is 5.87. The van der Waals surface area contributed by atoms with Crippen LogP contribution in [0.3, 0.4) is 0 Å². The predicted octanol–water partition coefficient (Wildman–Crippen LogP) is 0.439. The lowest BCUT2D eigenvalue weighted by Crippen LogP contribution is -2.51. The molecule has 0 aromatic heterocycles. The Bertz CT molecular complexity index is 880. The highest BCUT2D eigenvalue weighted by Gasteiger charge is 2.29. The van der Waals surface area contributed by atoms with Crippen LogP contribution in [0.4, 0.5) is 5.69 Å². The molecule has 136 valence electrons. The summed E-state index contributed by atoms with van der Waals surface area (Å²) < 4.78 is 27.3. The molecule has 2 rings (SSSR count). The van der Waals surface area contributed by atoms with E-state index in [1.165, 1.54) is 24.5 Å². The fourth-order valence-electron chi connectivity index (χ4n) is 2.47. The van der Waals surface area contributed by atoms with Gasteiger partial charge in [-0.3, -0.25) is 10.0 Å². The molecule has 2 aromatic carbocycles. The third-order valence-corrected chi connectivity index (χ3v) is 5.22. The number of carbonyl (C=O) groups excluding carboxylic acids is 1. The molecule has 9 heteroatoms. The van der Waals surface area contributed by atoms with Crippen molar-refractivity contribution in [2.75, 3.05) is 19.0 Å². The lowest BCUT2D eigenvalue weighted by atomic mass is 10.1. The third kappa shape index (κ3) is 4.07. The molecule has 0 saturated carbocycles. The molecule has 2 aromatic rings. The van der Waals surface area contributed by atoms with Crippen LogP contribution in [0.25, 0.3) is 10.8 Å². The standard InChI is InChI=1S/C16H21N3O5S/c1-10(20)15(16(21)17-22)18-25(23,24)12-8-7-11-5-4-6-14(19(2)3)13(11)9-12/h4-10,15,18,20,22H,1-3H3,(H,17,21)/t10-,15+/m1/s1. The van der Waals surface area contributed by atoms with Gasteiger partial charge in [0.15, 0.2) is 0 Å². The van der Waals surface area contributed by atoms with Crippen LogP contribution in [0.15, 0.2) is 41.3 Å². The van der Waals surface area contributed by atoms with E-state index in [0.717, 1.165) is 16.5 Å². The first-order valence-electron chi connectivity index (χ1n) is 7.52. The topological polar surface area (TPSA) is 119 Å². The van der Waals surface area contributed by atoms with Crippen molar-refractivity contribution in [1.29, 1.82) is 0 Å². The maximum Gasteiger partial charge on any atom is 0.264 e. The SMILES string of the molecule is C[C@@H](O)[C@H](NS(=O)(=O)c1ccc2cccc(N(C)C)c2c1)C(=O)NO. The fraction of sp³-hybridized carbons (Fsp3) is 0.312. The van der Waals surface area contributed by atoms with Gasteiger partial charge in [-0.25, -0.2) is 13.9 Å². The number of aliphatic hydroxyl groups excluding tert-OH is 1. The number of hydrogen-bond donors (Lipinski definition) is 4. The van der Waals surface area contributed by atoms with Crippen molar-refractivity contribution in [3.05, 3.63) is 36.4 Å². The number of hydrogen-bond acceptors (Lipinski definition) is 6. The molecule has 4 N–H and O–H groups in total. The minimum atomic E-state index is -4.09. The number of aliphatic hydroxyl groups is 1. The van der Waals surface area contributed by atoms with E-state index < -0.39 is 28.1 Å². The molecule has 0 unspecified atom stereocenters. The van der Waals surface area contributed by atoms with E-state index in [1.807, 2.05) is 37.2 Å². The Morgan fingerprint density at radius 2 is 1.88 bits per heavy atom. The molecular formula is C16H21N3O5S. The highest BCUT2D eigenvalue weighted by Crippen LogP contribution is 2.28. The van der Waals surface area contributed by atoms with Crippen molar-refractivity contribution in [2.24, 2.45) is 0 Å². The van der Waals surface area contributed by atoms with Gasteiger partial charge in [0, 0.05) is 25.2 Å². The quantitative estimate of drug-likeness (QED) is 0.434. The van der Waals surface area contributed by atoms with Gasteiger partial charge in [0.05, 0.1) is 11.0 Å². The van der Waals surface area contributed by atoms with Crippen LogP contribution in [-0.4, -0.2) is 50.9 Å². The summed E-state index contributed by atoms with van der Waals surface area (Å²) in [4.78, 5) is 13.4. The van der Waals surface area contributed by atoms with Crippen LogP contribution in [-0.2, 0) is 14.8 Å². The number of hydroxylamine groups is 1. The fourth-order valence-corrected chi connectivity index (χ4v) is 3.76. The van der Waals surface area contributed by atoms with Gasteiger partial charge in [-0.1, -0.05) is 18.2 Å². The van der Waals surface area contributed by atoms with Crippen LogP contribution >= 0.6 is 0 Å². The molecule has 8 nitrogen and oxygen atoms in total. The molecule has 0 radical (unpaired) electrons. The largest absolute Gasteiger partial charge is 0.391 e. The number of fused-ring (bicyclic) bond motifs is 1. The first-order chi connectivity index (χ1) is 11.7. The molecule has 0 aliphatic carbocycles. The van der Waals surface area contributed by atoms with E-state index in [0.29, 0.717) is 0 Å². The van der Waals surface area contributed by atoms with E-state index in [9.17, 15) is 18.3 Å².